The highest BCUT2D eigenvalue weighted by molar-refractivity contribution is 6.35. The maximum absolute atomic E-state index is 12.7. The molecule has 0 amide bonds. The Hall–Kier alpha value is -3.11. The summed E-state index contributed by atoms with van der Waals surface area (Å²) in [5.41, 5.74) is 3.48. The molecule has 202 valence electrons. The number of carbonyl (C=O) groups excluding carboxylic acids is 1. The van der Waals surface area contributed by atoms with E-state index in [4.69, 9.17) is 26.6 Å². The number of hydrogen-bond acceptors (Lipinski definition) is 5. The first-order valence-corrected chi connectivity index (χ1v) is 12.3. The predicted molar refractivity (Wildman–Crippen MR) is 155 cm³/mol. The summed E-state index contributed by atoms with van der Waals surface area (Å²) in [5, 5.41) is 16.0. The molecule has 0 saturated heterocycles. The molecule has 7 heteroatoms. The van der Waals surface area contributed by atoms with Gasteiger partial charge in [-0.1, -0.05) is 62.4 Å². The SMILES string of the molecule is C#C.C=Cc1c(-c2ccc3c(c2Cl)OCC3CCC)c(CC=O)n(C)c(=O)c1C=C.CC(C)(C)O.CO. The second-order valence-electron chi connectivity index (χ2n) is 9.11. The zero-order valence-electron chi connectivity index (χ0n) is 22.8. The van der Waals surface area contributed by atoms with Crippen molar-refractivity contribution in [3.8, 4) is 29.7 Å². The minimum Gasteiger partial charge on any atom is -0.491 e. The number of fused-ring (bicyclic) bond motifs is 1. The highest BCUT2D eigenvalue weighted by Gasteiger charge is 2.29. The van der Waals surface area contributed by atoms with Crippen LogP contribution in [0.2, 0.25) is 5.02 Å². The van der Waals surface area contributed by atoms with Gasteiger partial charge >= 0.3 is 0 Å². The van der Waals surface area contributed by atoms with Gasteiger partial charge in [-0.05, 0) is 32.8 Å². The van der Waals surface area contributed by atoms with E-state index in [-0.39, 0.29) is 12.0 Å². The molecule has 1 aliphatic heterocycles. The zero-order valence-corrected chi connectivity index (χ0v) is 23.6. The quantitative estimate of drug-likeness (QED) is 0.357. The van der Waals surface area contributed by atoms with Gasteiger partial charge in [-0.3, -0.25) is 4.79 Å². The van der Waals surface area contributed by atoms with Crippen LogP contribution >= 0.6 is 11.6 Å². The van der Waals surface area contributed by atoms with E-state index in [1.54, 1.807) is 33.9 Å². The van der Waals surface area contributed by atoms with Gasteiger partial charge in [-0.15, -0.1) is 12.8 Å². The number of carbonyl (C=O) groups is 1. The summed E-state index contributed by atoms with van der Waals surface area (Å²) in [7, 11) is 2.65. The molecule has 0 aliphatic carbocycles. The number of terminal acetylenes is 1. The van der Waals surface area contributed by atoms with Crippen LogP contribution in [0.4, 0.5) is 0 Å². The fraction of sp³-hybridized carbons (Fsp3) is 0.400. The summed E-state index contributed by atoms with van der Waals surface area (Å²) in [5.74, 6) is 1.03. The van der Waals surface area contributed by atoms with Crippen LogP contribution in [0.15, 0.2) is 30.1 Å². The van der Waals surface area contributed by atoms with Crippen molar-refractivity contribution in [3.05, 3.63) is 63.1 Å². The predicted octanol–water partition coefficient (Wildman–Crippen LogP) is 5.64. The molecule has 0 saturated carbocycles. The second-order valence-corrected chi connectivity index (χ2v) is 9.48. The zero-order chi connectivity index (χ0) is 28.9. The van der Waals surface area contributed by atoms with Crippen molar-refractivity contribution in [3.63, 3.8) is 0 Å². The Morgan fingerprint density at radius 3 is 2.19 bits per heavy atom. The molecule has 0 radical (unpaired) electrons. The Labute approximate surface area is 226 Å². The average Bonchev–Trinajstić information content (AvgIpc) is 3.28. The van der Waals surface area contributed by atoms with Gasteiger partial charge in [-0.25, -0.2) is 0 Å². The van der Waals surface area contributed by atoms with Gasteiger partial charge < -0.3 is 24.3 Å². The molecule has 3 rings (SSSR count). The lowest BCUT2D eigenvalue weighted by Gasteiger charge is -2.20. The van der Waals surface area contributed by atoms with Crippen LogP contribution in [0, 0.1) is 12.8 Å². The van der Waals surface area contributed by atoms with Gasteiger partial charge in [0.05, 0.1) is 17.2 Å². The van der Waals surface area contributed by atoms with Gasteiger partial charge in [0.2, 0.25) is 0 Å². The Bertz CT molecular complexity index is 1150. The molecular weight excluding hydrogens is 490 g/mol. The van der Waals surface area contributed by atoms with Crippen molar-refractivity contribution in [1.82, 2.24) is 4.57 Å². The molecule has 2 N–H and O–H groups in total. The number of nitrogens with zero attached hydrogens (tertiary/aromatic N) is 1. The first-order chi connectivity index (χ1) is 17.5. The number of benzene rings is 1. The maximum atomic E-state index is 12.7. The number of aliphatic hydroxyl groups excluding tert-OH is 1. The number of aldehydes is 1. The maximum Gasteiger partial charge on any atom is 0.258 e. The molecule has 1 aromatic carbocycles. The Balaban J connectivity index is 0.00000127. The van der Waals surface area contributed by atoms with Crippen LogP contribution in [-0.4, -0.2) is 40.4 Å². The summed E-state index contributed by atoms with van der Waals surface area (Å²) in [4.78, 5) is 24.1. The van der Waals surface area contributed by atoms with E-state index >= 15 is 0 Å². The van der Waals surface area contributed by atoms with E-state index in [9.17, 15) is 9.59 Å². The van der Waals surface area contributed by atoms with Crippen LogP contribution in [0.5, 0.6) is 5.75 Å². The van der Waals surface area contributed by atoms with Crippen LogP contribution in [0.25, 0.3) is 23.3 Å². The summed E-state index contributed by atoms with van der Waals surface area (Å²) < 4.78 is 7.41. The van der Waals surface area contributed by atoms with Gasteiger partial charge in [0.25, 0.3) is 5.56 Å². The molecule has 0 fully saturated rings. The van der Waals surface area contributed by atoms with Crippen molar-refractivity contribution >= 4 is 30.0 Å². The first-order valence-electron chi connectivity index (χ1n) is 11.9. The number of halogens is 1. The van der Waals surface area contributed by atoms with E-state index < -0.39 is 5.60 Å². The molecule has 6 nitrogen and oxygen atoms in total. The fourth-order valence-electron chi connectivity index (χ4n) is 4.00. The molecule has 1 aromatic heterocycles. The molecule has 0 bridgehead atoms. The average molecular weight is 530 g/mol. The molecule has 1 aliphatic rings. The highest BCUT2D eigenvalue weighted by Crippen LogP contribution is 2.47. The first kappa shape index (κ1) is 33.9. The summed E-state index contributed by atoms with van der Waals surface area (Å²) in [6, 6.07) is 3.99. The Morgan fingerprint density at radius 2 is 1.73 bits per heavy atom. The molecule has 2 heterocycles. The molecule has 2 aromatic rings. The van der Waals surface area contributed by atoms with Crippen molar-refractivity contribution in [2.75, 3.05) is 13.7 Å². The largest absolute Gasteiger partial charge is 0.491 e. The molecule has 1 unspecified atom stereocenters. The number of rotatable bonds is 7. The van der Waals surface area contributed by atoms with Crippen molar-refractivity contribution < 1.29 is 19.7 Å². The topological polar surface area (TPSA) is 88.8 Å². The van der Waals surface area contributed by atoms with Crippen LogP contribution in [0.1, 0.15) is 68.8 Å². The number of ether oxygens (including phenoxy) is 1. The summed E-state index contributed by atoms with van der Waals surface area (Å²) in [6.45, 7) is 15.6. The van der Waals surface area contributed by atoms with E-state index in [0.717, 1.165) is 42.9 Å². The molecular formula is C30H40ClNO5. The third-order valence-corrected chi connectivity index (χ3v) is 5.75. The summed E-state index contributed by atoms with van der Waals surface area (Å²) >= 11 is 6.78. The number of pyridine rings is 1. The number of aromatic nitrogens is 1. The minimum absolute atomic E-state index is 0.0894. The van der Waals surface area contributed by atoms with Crippen molar-refractivity contribution in [1.29, 1.82) is 0 Å². The lowest BCUT2D eigenvalue weighted by molar-refractivity contribution is -0.107. The van der Waals surface area contributed by atoms with Gasteiger partial charge in [0, 0.05) is 54.4 Å². The van der Waals surface area contributed by atoms with Crippen molar-refractivity contribution in [2.45, 2.75) is 58.5 Å². The minimum atomic E-state index is -0.500. The van der Waals surface area contributed by atoms with Gasteiger partial charge in [0.1, 0.15) is 12.0 Å². The molecule has 1 atom stereocenters. The number of hydrogen-bond donors (Lipinski definition) is 2. The lowest BCUT2D eigenvalue weighted by Crippen LogP contribution is -2.25. The standard InChI is InChI=1S/C23H24ClNO3.C4H10O.C2H2.CH4O/c1-5-8-14-13-28-22-17(14)9-10-18(21(22)24)20-15(6-2)16(7-3)23(27)25(4)19(20)11-12-26;1-4(2,3)5;2*1-2/h6-7,9-10,12,14H,2-3,5,8,11,13H2,1,4H3;5H,1-3H3;1-2H;2H,1H3. The smallest absolute Gasteiger partial charge is 0.258 e. The van der Waals surface area contributed by atoms with E-state index in [2.05, 4.69) is 32.9 Å². The molecule has 0 spiro atoms. The monoisotopic (exact) mass is 529 g/mol. The normalized spacial score (nSPS) is 13.2. The second kappa shape index (κ2) is 15.9. The summed E-state index contributed by atoms with van der Waals surface area (Å²) in [6.07, 6.45) is 14.1. The van der Waals surface area contributed by atoms with Crippen molar-refractivity contribution in [2.24, 2.45) is 7.05 Å². The lowest BCUT2D eigenvalue weighted by atomic mass is 9.90. The van der Waals surface area contributed by atoms with E-state index in [1.807, 2.05) is 12.1 Å². The highest BCUT2D eigenvalue weighted by atomic mass is 35.5. The van der Waals surface area contributed by atoms with Crippen LogP contribution < -0.4 is 10.3 Å². The van der Waals surface area contributed by atoms with E-state index in [1.165, 1.54) is 10.6 Å². The van der Waals surface area contributed by atoms with E-state index in [0.29, 0.717) is 40.1 Å². The third kappa shape index (κ3) is 8.46. The number of aliphatic hydroxyl groups is 2. The fourth-order valence-corrected chi connectivity index (χ4v) is 4.32. The third-order valence-electron chi connectivity index (χ3n) is 5.38. The van der Waals surface area contributed by atoms with Crippen LogP contribution in [0.3, 0.4) is 0 Å². The van der Waals surface area contributed by atoms with Gasteiger partial charge in [0.15, 0.2) is 0 Å². The van der Waals surface area contributed by atoms with Gasteiger partial charge in [-0.2, -0.15) is 0 Å². The Kier molecular flexibility index (Phi) is 14.5. The Morgan fingerprint density at radius 1 is 1.19 bits per heavy atom. The molecule has 37 heavy (non-hydrogen) atoms. The van der Waals surface area contributed by atoms with Crippen LogP contribution in [-0.2, 0) is 18.3 Å².